The lowest BCUT2D eigenvalue weighted by Gasteiger charge is -2.22. The molecule has 2 rings (SSSR count). The van der Waals surface area contributed by atoms with E-state index in [1.165, 1.54) is 0 Å². The molecule has 2 nitrogen and oxygen atoms in total. The Labute approximate surface area is 101 Å². The number of rotatable bonds is 0. The van der Waals surface area contributed by atoms with Crippen LogP contribution in [0.4, 0.5) is 5.69 Å². The molecule has 0 spiro atoms. The van der Waals surface area contributed by atoms with Crippen molar-refractivity contribution < 1.29 is 5.11 Å². The molecule has 17 heavy (non-hydrogen) atoms. The van der Waals surface area contributed by atoms with Crippen molar-refractivity contribution in [3.8, 4) is 5.75 Å². The van der Waals surface area contributed by atoms with Gasteiger partial charge in [0.2, 0.25) is 0 Å². The predicted octanol–water partition coefficient (Wildman–Crippen LogP) is 4.39. The maximum Gasteiger partial charge on any atom is 0.195 e. The molecule has 2 heteroatoms. The summed E-state index contributed by atoms with van der Waals surface area (Å²) in [5, 5.41) is 11.6. The zero-order chi connectivity index (χ0) is 12.6. The van der Waals surface area contributed by atoms with Crippen LogP contribution in [-0.4, -0.2) is 5.11 Å². The van der Waals surface area contributed by atoms with E-state index in [9.17, 15) is 5.11 Å². The van der Waals surface area contributed by atoms with Gasteiger partial charge in [0.05, 0.1) is 6.57 Å². The van der Waals surface area contributed by atoms with Crippen molar-refractivity contribution in [1.82, 2.24) is 0 Å². The van der Waals surface area contributed by atoms with Gasteiger partial charge < -0.3 is 5.11 Å². The van der Waals surface area contributed by atoms with E-state index in [4.69, 9.17) is 6.57 Å². The van der Waals surface area contributed by atoms with Gasteiger partial charge in [0, 0.05) is 0 Å². The normalized spacial score (nSPS) is 11.4. The van der Waals surface area contributed by atoms with Gasteiger partial charge in [0.15, 0.2) is 5.69 Å². The van der Waals surface area contributed by atoms with Crippen LogP contribution >= 0.6 is 0 Å². The summed E-state index contributed by atoms with van der Waals surface area (Å²) in [5.41, 5.74) is 1.56. The fraction of sp³-hybridized carbons (Fsp3) is 0.267. The maximum absolute atomic E-state index is 9.76. The van der Waals surface area contributed by atoms with Crippen molar-refractivity contribution in [2.75, 3.05) is 0 Å². The topological polar surface area (TPSA) is 24.6 Å². The summed E-state index contributed by atoms with van der Waals surface area (Å²) in [6, 6.07) is 9.07. The molecule has 0 aliphatic carbocycles. The highest BCUT2D eigenvalue weighted by Gasteiger charge is 2.19. The van der Waals surface area contributed by atoms with Gasteiger partial charge in [0.25, 0.3) is 0 Å². The Balaban J connectivity index is 2.96. The van der Waals surface area contributed by atoms with Crippen LogP contribution in [0.5, 0.6) is 5.75 Å². The molecule has 2 aromatic carbocycles. The molecule has 0 aliphatic heterocycles. The first kappa shape index (κ1) is 11.5. The molecule has 0 saturated carbocycles. The van der Waals surface area contributed by atoms with Crippen LogP contribution in [0.25, 0.3) is 15.6 Å². The van der Waals surface area contributed by atoms with Crippen molar-refractivity contribution in [2.24, 2.45) is 0 Å². The molecule has 0 saturated heterocycles. The molecule has 0 amide bonds. The molecule has 0 aromatic heterocycles. The van der Waals surface area contributed by atoms with Gasteiger partial charge in [-0.15, -0.1) is 0 Å². The molecule has 0 aliphatic rings. The monoisotopic (exact) mass is 225 g/mol. The molecule has 0 heterocycles. The Morgan fingerprint density at radius 3 is 2.47 bits per heavy atom. The number of phenols is 1. The second-order valence-electron chi connectivity index (χ2n) is 5.23. The SMILES string of the molecule is [C-]#[N+]c1cccc2cc(O)cc(C(C)(C)C)c12. The van der Waals surface area contributed by atoms with E-state index in [0.29, 0.717) is 5.69 Å². The van der Waals surface area contributed by atoms with E-state index in [2.05, 4.69) is 25.6 Å². The minimum Gasteiger partial charge on any atom is -0.508 e. The molecule has 0 bridgehead atoms. The lowest BCUT2D eigenvalue weighted by atomic mass is 9.83. The minimum atomic E-state index is -0.0994. The third-order valence-corrected chi connectivity index (χ3v) is 2.87. The second-order valence-corrected chi connectivity index (χ2v) is 5.23. The number of hydrogen-bond donors (Lipinski definition) is 1. The largest absolute Gasteiger partial charge is 0.508 e. The van der Waals surface area contributed by atoms with Gasteiger partial charge in [-0.1, -0.05) is 39.0 Å². The van der Waals surface area contributed by atoms with E-state index in [1.54, 1.807) is 12.1 Å². The molecular weight excluding hydrogens is 210 g/mol. The van der Waals surface area contributed by atoms with Gasteiger partial charge in [0.1, 0.15) is 5.75 Å². The van der Waals surface area contributed by atoms with Crippen LogP contribution in [0.3, 0.4) is 0 Å². The number of phenolic OH excluding ortho intramolecular Hbond substituents is 1. The number of nitrogens with zero attached hydrogens (tertiary/aromatic N) is 1. The average Bonchev–Trinajstić information content (AvgIpc) is 2.25. The standard InChI is InChI=1S/C15H15NO/c1-15(2,3)12-9-11(17)8-10-6-5-7-13(16-4)14(10)12/h5-9,17H,1-3H3. The zero-order valence-corrected chi connectivity index (χ0v) is 10.3. The number of hydrogen-bond acceptors (Lipinski definition) is 1. The van der Waals surface area contributed by atoms with Crippen molar-refractivity contribution in [1.29, 1.82) is 0 Å². The molecule has 0 unspecified atom stereocenters. The maximum atomic E-state index is 9.76. The third-order valence-electron chi connectivity index (χ3n) is 2.87. The van der Waals surface area contributed by atoms with Gasteiger partial charge >= 0.3 is 0 Å². The average molecular weight is 225 g/mol. The fourth-order valence-corrected chi connectivity index (χ4v) is 2.08. The van der Waals surface area contributed by atoms with E-state index in [1.807, 2.05) is 18.2 Å². The fourth-order valence-electron chi connectivity index (χ4n) is 2.08. The van der Waals surface area contributed by atoms with Crippen LogP contribution in [-0.2, 0) is 5.41 Å². The first-order valence-electron chi connectivity index (χ1n) is 5.57. The van der Waals surface area contributed by atoms with Crippen LogP contribution in [0.15, 0.2) is 30.3 Å². The van der Waals surface area contributed by atoms with Crippen molar-refractivity contribution in [3.63, 3.8) is 0 Å². The zero-order valence-electron chi connectivity index (χ0n) is 10.3. The van der Waals surface area contributed by atoms with Gasteiger partial charge in [-0.2, -0.15) is 0 Å². The van der Waals surface area contributed by atoms with Crippen LogP contribution < -0.4 is 0 Å². The molecule has 0 fully saturated rings. The Morgan fingerprint density at radius 2 is 1.88 bits per heavy atom. The predicted molar refractivity (Wildman–Crippen MR) is 70.6 cm³/mol. The quantitative estimate of drug-likeness (QED) is 0.660. The summed E-state index contributed by atoms with van der Waals surface area (Å²) >= 11 is 0. The molecule has 86 valence electrons. The number of fused-ring (bicyclic) bond motifs is 1. The molecule has 0 radical (unpaired) electrons. The summed E-state index contributed by atoms with van der Waals surface area (Å²) in [6.45, 7) is 13.5. The second kappa shape index (κ2) is 3.78. The Kier molecular flexibility index (Phi) is 2.55. The summed E-state index contributed by atoms with van der Waals surface area (Å²) < 4.78 is 0. The lowest BCUT2D eigenvalue weighted by Crippen LogP contribution is -2.11. The Hall–Kier alpha value is -2.01. The number of benzene rings is 2. The van der Waals surface area contributed by atoms with Crippen molar-refractivity contribution >= 4 is 16.5 Å². The third kappa shape index (κ3) is 1.97. The Morgan fingerprint density at radius 1 is 1.18 bits per heavy atom. The van der Waals surface area contributed by atoms with Crippen LogP contribution in [0.2, 0.25) is 0 Å². The summed E-state index contributed by atoms with van der Waals surface area (Å²) in [6.07, 6.45) is 0. The van der Waals surface area contributed by atoms with E-state index < -0.39 is 0 Å². The Bertz CT molecular complexity index is 615. The highest BCUT2D eigenvalue weighted by atomic mass is 16.3. The lowest BCUT2D eigenvalue weighted by molar-refractivity contribution is 0.472. The van der Waals surface area contributed by atoms with Crippen LogP contribution in [0, 0.1) is 6.57 Å². The summed E-state index contributed by atoms with van der Waals surface area (Å²) in [7, 11) is 0. The van der Waals surface area contributed by atoms with Gasteiger partial charge in [-0.05, 0) is 33.9 Å². The van der Waals surface area contributed by atoms with E-state index in [-0.39, 0.29) is 11.2 Å². The molecule has 2 aromatic rings. The molecule has 1 N–H and O–H groups in total. The summed E-state index contributed by atoms with van der Waals surface area (Å²) in [5.74, 6) is 0.254. The first-order valence-corrected chi connectivity index (χ1v) is 5.57. The minimum absolute atomic E-state index is 0.0994. The highest BCUT2D eigenvalue weighted by Crippen LogP contribution is 2.38. The van der Waals surface area contributed by atoms with Gasteiger partial charge in [-0.25, -0.2) is 4.85 Å². The van der Waals surface area contributed by atoms with E-state index in [0.717, 1.165) is 16.3 Å². The smallest absolute Gasteiger partial charge is 0.195 e. The molecule has 0 atom stereocenters. The van der Waals surface area contributed by atoms with Gasteiger partial charge in [-0.3, -0.25) is 0 Å². The van der Waals surface area contributed by atoms with Crippen molar-refractivity contribution in [3.05, 3.63) is 47.3 Å². The van der Waals surface area contributed by atoms with Crippen molar-refractivity contribution in [2.45, 2.75) is 26.2 Å². The summed E-state index contributed by atoms with van der Waals surface area (Å²) in [4.78, 5) is 3.57. The first-order chi connectivity index (χ1) is 7.93. The molecular formula is C15H15NO. The van der Waals surface area contributed by atoms with E-state index >= 15 is 0 Å². The number of aromatic hydroxyl groups is 1. The van der Waals surface area contributed by atoms with Crippen LogP contribution in [0.1, 0.15) is 26.3 Å². The highest BCUT2D eigenvalue weighted by molar-refractivity contribution is 5.98.